The Morgan fingerprint density at radius 1 is 1.18 bits per heavy atom. The SMILES string of the molecule is C=C(NCCCCCCOCC)C(C)C.CC.[HH]. The van der Waals surface area contributed by atoms with E-state index in [1.54, 1.807) is 0 Å². The van der Waals surface area contributed by atoms with Gasteiger partial charge in [0.15, 0.2) is 0 Å². The molecule has 0 saturated heterocycles. The molecule has 0 aliphatic heterocycles. The van der Waals surface area contributed by atoms with Crippen LogP contribution in [-0.2, 0) is 4.74 Å². The summed E-state index contributed by atoms with van der Waals surface area (Å²) in [5, 5.41) is 3.36. The Balaban J connectivity index is -0.000000709. The molecule has 0 rings (SSSR count). The first-order valence-electron chi connectivity index (χ1n) is 7.18. The van der Waals surface area contributed by atoms with Crippen molar-refractivity contribution >= 4 is 0 Å². The lowest BCUT2D eigenvalue weighted by Crippen LogP contribution is -2.17. The molecule has 0 amide bonds. The molecule has 0 aliphatic rings. The van der Waals surface area contributed by atoms with Crippen molar-refractivity contribution in [3.8, 4) is 0 Å². The minimum Gasteiger partial charge on any atom is -0.389 e. The summed E-state index contributed by atoms with van der Waals surface area (Å²) >= 11 is 0. The third kappa shape index (κ3) is 15.5. The van der Waals surface area contributed by atoms with Crippen molar-refractivity contribution in [1.82, 2.24) is 5.32 Å². The van der Waals surface area contributed by atoms with E-state index in [4.69, 9.17) is 4.74 Å². The molecule has 0 aromatic carbocycles. The highest BCUT2D eigenvalue weighted by molar-refractivity contribution is 4.93. The van der Waals surface area contributed by atoms with Crippen LogP contribution in [0.2, 0.25) is 0 Å². The third-order valence-corrected chi connectivity index (χ3v) is 2.47. The molecule has 0 atom stereocenters. The van der Waals surface area contributed by atoms with Crippen molar-refractivity contribution in [3.63, 3.8) is 0 Å². The second-order valence-electron chi connectivity index (χ2n) is 4.22. The average Bonchev–Trinajstić information content (AvgIpc) is 2.34. The van der Waals surface area contributed by atoms with E-state index in [1.807, 2.05) is 20.8 Å². The van der Waals surface area contributed by atoms with Gasteiger partial charge in [-0.2, -0.15) is 0 Å². The molecule has 1 N–H and O–H groups in total. The molecule has 0 aliphatic carbocycles. The molecule has 0 aromatic rings. The molecule has 0 heterocycles. The molecule has 106 valence electrons. The minimum absolute atomic E-state index is 0. The van der Waals surface area contributed by atoms with Gasteiger partial charge in [-0.15, -0.1) is 0 Å². The summed E-state index contributed by atoms with van der Waals surface area (Å²) in [5.74, 6) is 0.544. The van der Waals surface area contributed by atoms with Crippen molar-refractivity contribution in [2.45, 2.75) is 60.3 Å². The first-order valence-corrected chi connectivity index (χ1v) is 7.18. The average molecular weight is 245 g/mol. The van der Waals surface area contributed by atoms with Crippen LogP contribution >= 0.6 is 0 Å². The Morgan fingerprint density at radius 3 is 2.29 bits per heavy atom. The van der Waals surface area contributed by atoms with Crippen LogP contribution in [0.1, 0.15) is 61.7 Å². The number of rotatable bonds is 10. The summed E-state index contributed by atoms with van der Waals surface area (Å²) < 4.78 is 5.28. The summed E-state index contributed by atoms with van der Waals surface area (Å²) in [6.45, 7) is 17.2. The number of nitrogens with one attached hydrogen (secondary N) is 1. The maximum absolute atomic E-state index is 5.28. The van der Waals surface area contributed by atoms with Crippen molar-refractivity contribution in [3.05, 3.63) is 12.3 Å². The molecular formula is C15H35NO. The van der Waals surface area contributed by atoms with Gasteiger partial charge in [-0.25, -0.2) is 0 Å². The van der Waals surface area contributed by atoms with Crippen LogP contribution in [0.3, 0.4) is 0 Å². The smallest absolute Gasteiger partial charge is 0.0465 e. The van der Waals surface area contributed by atoms with Crippen LogP contribution in [0.4, 0.5) is 0 Å². The lowest BCUT2D eigenvalue weighted by Gasteiger charge is -2.12. The van der Waals surface area contributed by atoms with E-state index in [2.05, 4.69) is 25.7 Å². The van der Waals surface area contributed by atoms with E-state index < -0.39 is 0 Å². The van der Waals surface area contributed by atoms with Gasteiger partial charge in [0.25, 0.3) is 0 Å². The molecule has 0 spiro atoms. The highest BCUT2D eigenvalue weighted by Crippen LogP contribution is 2.04. The molecule has 0 aromatic heterocycles. The van der Waals surface area contributed by atoms with Gasteiger partial charge in [0.05, 0.1) is 0 Å². The molecular weight excluding hydrogens is 210 g/mol. The number of hydrogen-bond donors (Lipinski definition) is 1. The minimum atomic E-state index is 0. The van der Waals surface area contributed by atoms with Crippen molar-refractivity contribution in [2.24, 2.45) is 5.92 Å². The van der Waals surface area contributed by atoms with Gasteiger partial charge >= 0.3 is 0 Å². The Hall–Kier alpha value is -0.500. The van der Waals surface area contributed by atoms with Gasteiger partial charge in [-0.1, -0.05) is 47.1 Å². The van der Waals surface area contributed by atoms with Gasteiger partial charge in [-0.3, -0.25) is 0 Å². The van der Waals surface area contributed by atoms with Crippen LogP contribution in [-0.4, -0.2) is 19.8 Å². The fourth-order valence-corrected chi connectivity index (χ4v) is 1.28. The van der Waals surface area contributed by atoms with E-state index in [9.17, 15) is 0 Å². The van der Waals surface area contributed by atoms with Crippen LogP contribution in [0.5, 0.6) is 0 Å². The van der Waals surface area contributed by atoms with Gasteiger partial charge in [0, 0.05) is 26.9 Å². The molecule has 0 unspecified atom stereocenters. The summed E-state index contributed by atoms with van der Waals surface area (Å²) in [5.41, 5.74) is 1.16. The van der Waals surface area contributed by atoms with Gasteiger partial charge in [-0.05, 0) is 25.7 Å². The van der Waals surface area contributed by atoms with Crippen molar-refractivity contribution < 1.29 is 6.16 Å². The van der Waals surface area contributed by atoms with Gasteiger partial charge < -0.3 is 10.1 Å². The Bertz CT molecular complexity index is 161. The predicted molar refractivity (Wildman–Crippen MR) is 80.4 cm³/mol. The van der Waals surface area contributed by atoms with Crippen LogP contribution in [0, 0.1) is 5.92 Å². The lowest BCUT2D eigenvalue weighted by atomic mass is 10.1. The zero-order valence-electron chi connectivity index (χ0n) is 12.6. The number of unbranched alkanes of at least 4 members (excludes halogenated alkanes) is 3. The van der Waals surface area contributed by atoms with Crippen LogP contribution < -0.4 is 5.32 Å². The first kappa shape index (κ1) is 18.9. The van der Waals surface area contributed by atoms with E-state index in [-0.39, 0.29) is 1.43 Å². The summed E-state index contributed by atoms with van der Waals surface area (Å²) in [7, 11) is 0. The van der Waals surface area contributed by atoms with E-state index in [1.165, 1.54) is 25.7 Å². The zero-order chi connectivity index (χ0) is 13.5. The highest BCUT2D eigenvalue weighted by Gasteiger charge is 1.97. The van der Waals surface area contributed by atoms with Crippen LogP contribution in [0.25, 0.3) is 0 Å². The van der Waals surface area contributed by atoms with Gasteiger partial charge in [0.1, 0.15) is 0 Å². The maximum Gasteiger partial charge on any atom is 0.0465 e. The second kappa shape index (κ2) is 15.5. The lowest BCUT2D eigenvalue weighted by molar-refractivity contribution is 0.143. The Morgan fingerprint density at radius 2 is 1.76 bits per heavy atom. The predicted octanol–water partition coefficient (Wildman–Crippen LogP) is 4.61. The number of hydrogen-bond acceptors (Lipinski definition) is 2. The number of ether oxygens (including phenoxy) is 1. The summed E-state index contributed by atoms with van der Waals surface area (Å²) in [4.78, 5) is 0. The Kier molecular flexibility index (Phi) is 17.2. The first-order chi connectivity index (χ1) is 8.18. The fraction of sp³-hybridized carbons (Fsp3) is 0.867. The normalized spacial score (nSPS) is 9.76. The Labute approximate surface area is 110 Å². The fourth-order valence-electron chi connectivity index (χ4n) is 1.28. The van der Waals surface area contributed by atoms with E-state index in [0.29, 0.717) is 5.92 Å². The van der Waals surface area contributed by atoms with Crippen molar-refractivity contribution in [2.75, 3.05) is 19.8 Å². The topological polar surface area (TPSA) is 21.3 Å². The molecule has 0 bridgehead atoms. The molecule has 17 heavy (non-hydrogen) atoms. The molecule has 0 saturated carbocycles. The van der Waals surface area contributed by atoms with E-state index in [0.717, 1.165) is 25.5 Å². The molecule has 2 nitrogen and oxygen atoms in total. The quantitative estimate of drug-likeness (QED) is 0.567. The highest BCUT2D eigenvalue weighted by atomic mass is 16.5. The number of allylic oxidation sites excluding steroid dienone is 1. The standard InChI is InChI=1S/C13H27NO.C2H6.H2/c1-5-15-11-9-7-6-8-10-14-13(4)12(2)3;1-2;/h12,14H,4-11H2,1-3H3;1-2H3;1H. The molecule has 0 fully saturated rings. The van der Waals surface area contributed by atoms with Gasteiger partial charge in [0.2, 0.25) is 0 Å². The largest absolute Gasteiger partial charge is 0.389 e. The molecule has 0 radical (unpaired) electrons. The zero-order valence-corrected chi connectivity index (χ0v) is 12.6. The van der Waals surface area contributed by atoms with Crippen molar-refractivity contribution in [1.29, 1.82) is 0 Å². The van der Waals surface area contributed by atoms with E-state index >= 15 is 0 Å². The maximum atomic E-state index is 5.28. The van der Waals surface area contributed by atoms with Crippen LogP contribution in [0.15, 0.2) is 12.3 Å². The molecule has 2 heteroatoms. The summed E-state index contributed by atoms with van der Waals surface area (Å²) in [6, 6.07) is 0. The third-order valence-electron chi connectivity index (χ3n) is 2.47. The monoisotopic (exact) mass is 245 g/mol. The second-order valence-corrected chi connectivity index (χ2v) is 4.22. The summed E-state index contributed by atoms with van der Waals surface area (Å²) in [6.07, 6.45) is 4.98.